The predicted molar refractivity (Wildman–Crippen MR) is 76.9 cm³/mol. The maximum absolute atomic E-state index is 11.2. The van der Waals surface area contributed by atoms with Gasteiger partial charge in [-0.1, -0.05) is 38.1 Å². The summed E-state index contributed by atoms with van der Waals surface area (Å²) >= 11 is 0. The first-order valence-corrected chi connectivity index (χ1v) is 6.97. The third-order valence-corrected chi connectivity index (χ3v) is 4.04. The zero-order valence-electron chi connectivity index (χ0n) is 12.1. The van der Waals surface area contributed by atoms with Gasteiger partial charge in [0.2, 0.25) is 0 Å². The van der Waals surface area contributed by atoms with Gasteiger partial charge in [-0.25, -0.2) is 0 Å². The molecule has 0 aliphatic carbocycles. The Morgan fingerprint density at radius 2 is 1.65 bits per heavy atom. The van der Waals surface area contributed by atoms with Crippen LogP contribution in [0.3, 0.4) is 0 Å². The minimum absolute atomic E-state index is 0.0631. The SMILES string of the molecule is CCC(CC)(CC(=O)O)c1ccccc1CCC(=O)O. The van der Waals surface area contributed by atoms with Gasteiger partial charge in [0.25, 0.3) is 0 Å². The lowest BCUT2D eigenvalue weighted by molar-refractivity contribution is -0.139. The second-order valence-electron chi connectivity index (χ2n) is 5.11. The summed E-state index contributed by atoms with van der Waals surface area (Å²) < 4.78 is 0. The summed E-state index contributed by atoms with van der Waals surface area (Å²) in [6.45, 7) is 3.97. The molecule has 2 N–H and O–H groups in total. The van der Waals surface area contributed by atoms with E-state index in [2.05, 4.69) is 0 Å². The Morgan fingerprint density at radius 3 is 2.15 bits per heavy atom. The van der Waals surface area contributed by atoms with Gasteiger partial charge < -0.3 is 10.2 Å². The van der Waals surface area contributed by atoms with Crippen LogP contribution in [0.5, 0.6) is 0 Å². The third kappa shape index (κ3) is 3.83. The Bertz CT molecular complexity index is 475. The van der Waals surface area contributed by atoms with Crippen molar-refractivity contribution in [3.63, 3.8) is 0 Å². The Labute approximate surface area is 119 Å². The molecule has 0 amide bonds. The maximum Gasteiger partial charge on any atom is 0.304 e. The number of aliphatic carboxylic acids is 2. The highest BCUT2D eigenvalue weighted by atomic mass is 16.4. The van der Waals surface area contributed by atoms with Crippen molar-refractivity contribution in [3.8, 4) is 0 Å². The number of hydrogen-bond acceptors (Lipinski definition) is 2. The molecule has 0 unspecified atom stereocenters. The highest BCUT2D eigenvalue weighted by Gasteiger charge is 2.32. The highest BCUT2D eigenvalue weighted by Crippen LogP contribution is 2.37. The average molecular weight is 278 g/mol. The van der Waals surface area contributed by atoms with E-state index in [1.54, 1.807) is 0 Å². The van der Waals surface area contributed by atoms with Gasteiger partial charge in [-0.3, -0.25) is 9.59 Å². The van der Waals surface area contributed by atoms with Gasteiger partial charge in [0.15, 0.2) is 0 Å². The van der Waals surface area contributed by atoms with E-state index in [1.807, 2.05) is 38.1 Å². The molecule has 4 nitrogen and oxygen atoms in total. The molecule has 0 heterocycles. The lowest BCUT2D eigenvalue weighted by atomic mass is 9.71. The number of carboxylic acid groups (broad SMARTS) is 2. The van der Waals surface area contributed by atoms with E-state index in [0.29, 0.717) is 6.42 Å². The number of carboxylic acids is 2. The molecule has 1 aromatic rings. The molecule has 1 aromatic carbocycles. The molecule has 1 rings (SSSR count). The van der Waals surface area contributed by atoms with Crippen molar-refractivity contribution in [2.24, 2.45) is 0 Å². The van der Waals surface area contributed by atoms with Crippen LogP contribution < -0.4 is 0 Å². The number of hydrogen-bond donors (Lipinski definition) is 2. The molecule has 110 valence electrons. The number of rotatable bonds is 8. The molecule has 0 fully saturated rings. The van der Waals surface area contributed by atoms with Crippen molar-refractivity contribution in [1.82, 2.24) is 0 Å². The fourth-order valence-corrected chi connectivity index (χ4v) is 2.76. The molecule has 0 spiro atoms. The lowest BCUT2D eigenvalue weighted by Crippen LogP contribution is -2.29. The van der Waals surface area contributed by atoms with Crippen molar-refractivity contribution in [2.75, 3.05) is 0 Å². The Hall–Kier alpha value is -1.84. The summed E-state index contributed by atoms with van der Waals surface area (Å²) in [5, 5.41) is 18.0. The summed E-state index contributed by atoms with van der Waals surface area (Å²) in [5.41, 5.74) is 1.51. The molecule has 0 aromatic heterocycles. The Balaban J connectivity index is 3.19. The first kappa shape index (κ1) is 16.2. The normalized spacial score (nSPS) is 11.3. The molecule has 0 aliphatic rings. The van der Waals surface area contributed by atoms with Gasteiger partial charge in [0.1, 0.15) is 0 Å². The van der Waals surface area contributed by atoms with Crippen LogP contribution in [0.1, 0.15) is 50.7 Å². The zero-order chi connectivity index (χ0) is 15.2. The topological polar surface area (TPSA) is 74.6 Å². The monoisotopic (exact) mass is 278 g/mol. The number of carbonyl (C=O) groups is 2. The molecule has 0 atom stereocenters. The van der Waals surface area contributed by atoms with Crippen LogP contribution in [-0.4, -0.2) is 22.2 Å². The maximum atomic E-state index is 11.2. The standard InChI is InChI=1S/C16H22O4/c1-3-16(4-2,11-15(19)20)13-8-6-5-7-12(13)9-10-14(17)18/h5-8H,3-4,9-11H2,1-2H3,(H,17,18)(H,19,20). The minimum atomic E-state index is -0.836. The first-order chi connectivity index (χ1) is 9.45. The summed E-state index contributed by atoms with van der Waals surface area (Å²) in [7, 11) is 0. The van der Waals surface area contributed by atoms with Crippen molar-refractivity contribution >= 4 is 11.9 Å². The fourth-order valence-electron chi connectivity index (χ4n) is 2.76. The van der Waals surface area contributed by atoms with Crippen LogP contribution in [0.2, 0.25) is 0 Å². The zero-order valence-corrected chi connectivity index (χ0v) is 12.1. The number of aryl methyl sites for hydroxylation is 1. The quantitative estimate of drug-likeness (QED) is 0.765. The van der Waals surface area contributed by atoms with Gasteiger partial charge in [-0.2, -0.15) is 0 Å². The molecular weight excluding hydrogens is 256 g/mol. The Kier molecular flexibility index (Phi) is 5.74. The molecule has 0 aliphatic heterocycles. The van der Waals surface area contributed by atoms with Gasteiger partial charge in [0.05, 0.1) is 6.42 Å². The fraction of sp³-hybridized carbons (Fsp3) is 0.500. The summed E-state index contributed by atoms with van der Waals surface area (Å²) in [6, 6.07) is 7.60. The van der Waals surface area contributed by atoms with Crippen LogP contribution in [0, 0.1) is 0 Å². The van der Waals surface area contributed by atoms with Crippen LogP contribution in [0.25, 0.3) is 0 Å². The minimum Gasteiger partial charge on any atom is -0.481 e. The van der Waals surface area contributed by atoms with E-state index in [1.165, 1.54) is 0 Å². The molecule has 0 bridgehead atoms. The lowest BCUT2D eigenvalue weighted by Gasteiger charge is -2.32. The van der Waals surface area contributed by atoms with E-state index in [9.17, 15) is 14.7 Å². The smallest absolute Gasteiger partial charge is 0.304 e. The first-order valence-electron chi connectivity index (χ1n) is 6.97. The van der Waals surface area contributed by atoms with Gasteiger partial charge >= 0.3 is 11.9 Å². The Morgan fingerprint density at radius 1 is 1.05 bits per heavy atom. The summed E-state index contributed by atoms with van der Waals surface area (Å²) in [5.74, 6) is -1.65. The van der Waals surface area contributed by atoms with Crippen LogP contribution in [-0.2, 0) is 21.4 Å². The largest absolute Gasteiger partial charge is 0.481 e. The number of benzene rings is 1. The second-order valence-corrected chi connectivity index (χ2v) is 5.11. The van der Waals surface area contributed by atoms with E-state index in [-0.39, 0.29) is 12.8 Å². The molecule has 4 heteroatoms. The van der Waals surface area contributed by atoms with Crippen molar-refractivity contribution < 1.29 is 19.8 Å². The third-order valence-electron chi connectivity index (χ3n) is 4.04. The highest BCUT2D eigenvalue weighted by molar-refractivity contribution is 5.69. The summed E-state index contributed by atoms with van der Waals surface area (Å²) in [6.07, 6.45) is 2.02. The molecule has 0 saturated carbocycles. The molecule has 20 heavy (non-hydrogen) atoms. The second kappa shape index (κ2) is 7.08. The van der Waals surface area contributed by atoms with Gasteiger partial charge in [0, 0.05) is 11.8 Å². The van der Waals surface area contributed by atoms with Crippen LogP contribution in [0.15, 0.2) is 24.3 Å². The van der Waals surface area contributed by atoms with E-state index < -0.39 is 17.4 Å². The van der Waals surface area contributed by atoms with Crippen molar-refractivity contribution in [2.45, 2.75) is 51.4 Å². The van der Waals surface area contributed by atoms with Crippen molar-refractivity contribution in [1.29, 1.82) is 0 Å². The van der Waals surface area contributed by atoms with Gasteiger partial charge in [-0.15, -0.1) is 0 Å². The van der Waals surface area contributed by atoms with E-state index in [4.69, 9.17) is 5.11 Å². The molecule has 0 radical (unpaired) electrons. The van der Waals surface area contributed by atoms with Crippen LogP contribution >= 0.6 is 0 Å². The summed E-state index contributed by atoms with van der Waals surface area (Å²) in [4.78, 5) is 21.9. The van der Waals surface area contributed by atoms with E-state index >= 15 is 0 Å². The van der Waals surface area contributed by atoms with Gasteiger partial charge in [-0.05, 0) is 30.4 Å². The van der Waals surface area contributed by atoms with E-state index in [0.717, 1.165) is 24.0 Å². The predicted octanol–water partition coefficient (Wildman–Crippen LogP) is 3.24. The molecule has 0 saturated heterocycles. The van der Waals surface area contributed by atoms with Crippen molar-refractivity contribution in [3.05, 3.63) is 35.4 Å². The average Bonchev–Trinajstić information content (AvgIpc) is 2.42. The molecular formula is C16H22O4. The van der Waals surface area contributed by atoms with Crippen LogP contribution in [0.4, 0.5) is 0 Å².